The second kappa shape index (κ2) is 12.1. The number of hydrogen-bond donors (Lipinski definition) is 0. The molecule has 0 aliphatic heterocycles. The van der Waals surface area contributed by atoms with Crippen LogP contribution < -0.4 is 0 Å². The Kier molecular flexibility index (Phi) is 8.46. The van der Waals surface area contributed by atoms with E-state index in [9.17, 15) is 13.6 Å². The molecule has 0 amide bonds. The number of hydrogen-bond acceptors (Lipinski definition) is 1. The van der Waals surface area contributed by atoms with Gasteiger partial charge < -0.3 is 0 Å². The molecule has 0 aliphatic carbocycles. The van der Waals surface area contributed by atoms with E-state index in [0.29, 0.717) is 17.5 Å². The first-order valence-corrected chi connectivity index (χ1v) is 12.5. The van der Waals surface area contributed by atoms with E-state index in [1.54, 1.807) is 30.3 Å². The smallest absolute Gasteiger partial charge is 0.152 e. The summed E-state index contributed by atoms with van der Waals surface area (Å²) < 4.78 is 28.0. The van der Waals surface area contributed by atoms with Crippen molar-refractivity contribution < 1.29 is 13.6 Å². The fourth-order valence-corrected chi connectivity index (χ4v) is 4.67. The zero-order valence-electron chi connectivity index (χ0n) is 21.4. The molecule has 0 radical (unpaired) electrons. The fourth-order valence-electron chi connectivity index (χ4n) is 4.67. The maximum Gasteiger partial charge on any atom is 0.152 e. The van der Waals surface area contributed by atoms with Crippen molar-refractivity contribution in [1.82, 2.24) is 0 Å². The molecule has 0 unspecified atom stereocenters. The van der Waals surface area contributed by atoms with Crippen LogP contribution in [-0.4, -0.2) is 5.78 Å². The quantitative estimate of drug-likeness (QED) is 0.183. The lowest BCUT2D eigenvalue weighted by Gasteiger charge is -2.32. The molecule has 0 saturated heterocycles. The number of benzene rings is 4. The van der Waals surface area contributed by atoms with Crippen LogP contribution in [0.5, 0.6) is 0 Å². The van der Waals surface area contributed by atoms with Crippen LogP contribution in [0.2, 0.25) is 0 Å². The van der Waals surface area contributed by atoms with E-state index in [4.69, 9.17) is 0 Å². The summed E-state index contributed by atoms with van der Waals surface area (Å²) in [6.45, 7) is 3.44. The number of rotatable bonds is 7. The van der Waals surface area contributed by atoms with E-state index in [1.807, 2.05) is 73.7 Å². The molecular formula is C35H28F2O. The summed E-state index contributed by atoms with van der Waals surface area (Å²) in [6.07, 6.45) is 3.96. The summed E-state index contributed by atoms with van der Waals surface area (Å²) in [4.78, 5) is 12.3. The first-order chi connectivity index (χ1) is 18.4. The molecule has 4 aromatic carbocycles. The fraction of sp³-hybridized carbons (Fsp3) is 0.114. The lowest BCUT2D eigenvalue weighted by molar-refractivity contribution is -0.112. The second-order valence-corrected chi connectivity index (χ2v) is 8.96. The molecule has 0 heterocycles. The average molecular weight is 503 g/mol. The summed E-state index contributed by atoms with van der Waals surface area (Å²) in [5.74, 6) is 5.85. The largest absolute Gasteiger partial charge is 0.295 e. The van der Waals surface area contributed by atoms with Crippen molar-refractivity contribution in [1.29, 1.82) is 0 Å². The predicted molar refractivity (Wildman–Crippen MR) is 150 cm³/mol. The average Bonchev–Trinajstić information content (AvgIpc) is 2.94. The molecule has 38 heavy (non-hydrogen) atoms. The molecule has 188 valence electrons. The Bertz CT molecular complexity index is 1420. The maximum absolute atomic E-state index is 14.0. The van der Waals surface area contributed by atoms with E-state index in [-0.39, 0.29) is 17.4 Å². The molecule has 4 aromatic rings. The van der Waals surface area contributed by atoms with Gasteiger partial charge in [-0.25, -0.2) is 8.78 Å². The van der Waals surface area contributed by atoms with E-state index in [0.717, 1.165) is 22.3 Å². The first-order valence-electron chi connectivity index (χ1n) is 12.5. The third kappa shape index (κ3) is 5.88. The van der Waals surface area contributed by atoms with Gasteiger partial charge in [0.25, 0.3) is 0 Å². The minimum atomic E-state index is -1.10. The highest BCUT2D eigenvalue weighted by molar-refractivity contribution is 5.89. The van der Waals surface area contributed by atoms with Crippen molar-refractivity contribution in [2.24, 2.45) is 0 Å². The minimum absolute atomic E-state index is 0.123. The van der Waals surface area contributed by atoms with Crippen molar-refractivity contribution in [3.05, 3.63) is 161 Å². The molecular weight excluding hydrogens is 474 g/mol. The molecule has 0 aliphatic rings. The summed E-state index contributed by atoms with van der Waals surface area (Å²) >= 11 is 0. The van der Waals surface area contributed by atoms with Gasteiger partial charge in [-0.3, -0.25) is 4.79 Å². The maximum atomic E-state index is 14.0. The molecule has 0 aromatic heterocycles. The van der Waals surface area contributed by atoms with Crippen LogP contribution in [0.1, 0.15) is 42.5 Å². The topological polar surface area (TPSA) is 17.1 Å². The van der Waals surface area contributed by atoms with Crippen molar-refractivity contribution in [2.75, 3.05) is 0 Å². The van der Waals surface area contributed by atoms with Gasteiger partial charge in [0.2, 0.25) is 0 Å². The third-order valence-corrected chi connectivity index (χ3v) is 6.44. The van der Waals surface area contributed by atoms with Gasteiger partial charge >= 0.3 is 0 Å². The summed E-state index contributed by atoms with van der Waals surface area (Å²) in [7, 11) is 0. The highest BCUT2D eigenvalue weighted by Gasteiger charge is 2.36. The zero-order chi connectivity index (χ0) is 27.0. The monoisotopic (exact) mass is 502 g/mol. The van der Waals surface area contributed by atoms with Gasteiger partial charge in [0.15, 0.2) is 5.78 Å². The van der Waals surface area contributed by atoms with E-state index < -0.39 is 5.41 Å². The second-order valence-electron chi connectivity index (χ2n) is 8.96. The van der Waals surface area contributed by atoms with E-state index in [2.05, 4.69) is 11.8 Å². The Morgan fingerprint density at radius 2 is 1.18 bits per heavy atom. The van der Waals surface area contributed by atoms with Crippen LogP contribution in [0.4, 0.5) is 8.78 Å². The van der Waals surface area contributed by atoms with Gasteiger partial charge in [0.05, 0.1) is 0 Å². The van der Waals surface area contributed by atoms with Crippen molar-refractivity contribution in [3.8, 4) is 11.8 Å². The van der Waals surface area contributed by atoms with Crippen LogP contribution in [0.25, 0.3) is 5.57 Å². The van der Waals surface area contributed by atoms with Crippen LogP contribution in [-0.2, 0) is 10.2 Å². The molecule has 0 fully saturated rings. The molecule has 1 nitrogen and oxygen atoms in total. The lowest BCUT2D eigenvalue weighted by atomic mass is 9.68. The van der Waals surface area contributed by atoms with Gasteiger partial charge in [0.1, 0.15) is 17.0 Å². The first kappa shape index (κ1) is 26.5. The van der Waals surface area contributed by atoms with Crippen LogP contribution in [0, 0.1) is 23.5 Å². The molecule has 0 N–H and O–H groups in total. The number of halogens is 2. The third-order valence-electron chi connectivity index (χ3n) is 6.44. The normalized spacial score (nSPS) is 11.3. The van der Waals surface area contributed by atoms with Crippen molar-refractivity contribution >= 4 is 11.4 Å². The number of carbonyl (C=O) groups excluding carboxylic acids is 1. The molecule has 0 saturated carbocycles. The van der Waals surface area contributed by atoms with Gasteiger partial charge in [-0.1, -0.05) is 104 Å². The zero-order valence-corrected chi connectivity index (χ0v) is 21.4. The van der Waals surface area contributed by atoms with Crippen LogP contribution in [0.15, 0.2) is 127 Å². The standard InChI is InChI=1S/C35H28F2O/c1-3-29(25-26(2)38)35(30-16-20-32(36)21-17-30,31-18-22-33(37)23-19-31)24-10-15-34(27-11-6-4-7-12-27)28-13-8-5-9-14-28/h4-9,11-23,25H,3H2,1-2H3/b29-25+. The molecule has 0 bridgehead atoms. The number of ketones is 1. The van der Waals surface area contributed by atoms with Gasteiger partial charge in [0, 0.05) is 0 Å². The highest BCUT2D eigenvalue weighted by atomic mass is 19.1. The summed E-state index contributed by atoms with van der Waals surface area (Å²) in [5.41, 5.74) is 4.00. The molecule has 4 rings (SSSR count). The number of allylic oxidation sites excluding steroid dienone is 3. The summed E-state index contributed by atoms with van der Waals surface area (Å²) in [5, 5.41) is 0. The Balaban J connectivity index is 2.03. The number of carbonyl (C=O) groups is 1. The highest BCUT2D eigenvalue weighted by Crippen LogP contribution is 2.41. The lowest BCUT2D eigenvalue weighted by Crippen LogP contribution is -2.29. The minimum Gasteiger partial charge on any atom is -0.295 e. The molecule has 3 heteroatoms. The SMILES string of the molecule is CC/C(=C\C(C)=O)C(C#CC=C(c1ccccc1)c1ccccc1)(c1ccc(F)cc1)c1ccc(F)cc1. The van der Waals surface area contributed by atoms with Crippen LogP contribution in [0.3, 0.4) is 0 Å². The Morgan fingerprint density at radius 1 is 0.737 bits per heavy atom. The predicted octanol–water partition coefficient (Wildman–Crippen LogP) is 8.31. The Hall–Kier alpha value is -4.55. The van der Waals surface area contributed by atoms with Crippen molar-refractivity contribution in [2.45, 2.75) is 25.7 Å². The molecule has 0 atom stereocenters. The van der Waals surface area contributed by atoms with Gasteiger partial charge in [-0.2, -0.15) is 0 Å². The molecule has 0 spiro atoms. The Morgan fingerprint density at radius 3 is 1.58 bits per heavy atom. The van der Waals surface area contributed by atoms with E-state index in [1.165, 1.54) is 31.2 Å². The van der Waals surface area contributed by atoms with E-state index >= 15 is 0 Å². The van der Waals surface area contributed by atoms with Crippen LogP contribution >= 0.6 is 0 Å². The van der Waals surface area contributed by atoms with Gasteiger partial charge in [-0.15, -0.1) is 0 Å². The summed E-state index contributed by atoms with van der Waals surface area (Å²) in [6, 6.07) is 32.2. The van der Waals surface area contributed by atoms with Gasteiger partial charge in [-0.05, 0) is 83.2 Å². The Labute approximate surface area is 223 Å². The van der Waals surface area contributed by atoms with Crippen molar-refractivity contribution in [3.63, 3.8) is 0 Å².